The predicted octanol–water partition coefficient (Wildman–Crippen LogP) is 2.91. The van der Waals surface area contributed by atoms with Crippen molar-refractivity contribution in [3.63, 3.8) is 0 Å². The standard InChI is InChI=1S/C15H28N2/c1-11-12(10-16-17-6-4-5-7-17)8-13-9-14(11)15(13,2)3/h11-14,16H,4-10H2,1-3H3. The molecule has 4 aliphatic rings. The van der Waals surface area contributed by atoms with Crippen LogP contribution in [-0.2, 0) is 0 Å². The van der Waals surface area contributed by atoms with Gasteiger partial charge in [-0.25, -0.2) is 5.01 Å². The Morgan fingerprint density at radius 3 is 2.47 bits per heavy atom. The molecule has 4 fully saturated rings. The normalized spacial score (nSPS) is 44.6. The molecule has 4 atom stereocenters. The van der Waals surface area contributed by atoms with Crippen LogP contribution < -0.4 is 5.43 Å². The van der Waals surface area contributed by atoms with Crippen LogP contribution in [0.4, 0.5) is 0 Å². The fraction of sp³-hybridized carbons (Fsp3) is 1.00. The molecule has 2 nitrogen and oxygen atoms in total. The largest absolute Gasteiger partial charge is 0.255 e. The van der Waals surface area contributed by atoms with Gasteiger partial charge in [0.15, 0.2) is 0 Å². The van der Waals surface area contributed by atoms with Gasteiger partial charge in [-0.05, 0) is 54.8 Å². The van der Waals surface area contributed by atoms with E-state index in [-0.39, 0.29) is 0 Å². The number of nitrogens with one attached hydrogen (secondary N) is 1. The molecule has 0 aromatic carbocycles. The SMILES string of the molecule is CC1C(CNN2CCCC2)CC2CC1C2(C)C. The quantitative estimate of drug-likeness (QED) is 0.810. The van der Waals surface area contributed by atoms with Crippen LogP contribution in [0.15, 0.2) is 0 Å². The van der Waals surface area contributed by atoms with Crippen LogP contribution in [0.3, 0.4) is 0 Å². The first kappa shape index (κ1) is 12.0. The minimum Gasteiger partial charge on any atom is -0.255 e. The average Bonchev–Trinajstić information content (AvgIpc) is 2.79. The average molecular weight is 236 g/mol. The molecule has 3 aliphatic carbocycles. The van der Waals surface area contributed by atoms with Gasteiger partial charge in [0.25, 0.3) is 0 Å². The monoisotopic (exact) mass is 236 g/mol. The van der Waals surface area contributed by atoms with E-state index in [1.165, 1.54) is 45.3 Å². The molecule has 0 radical (unpaired) electrons. The third-order valence-corrected chi connectivity index (χ3v) is 6.19. The van der Waals surface area contributed by atoms with Crippen molar-refractivity contribution in [1.29, 1.82) is 0 Å². The maximum absolute atomic E-state index is 3.68. The van der Waals surface area contributed by atoms with E-state index >= 15 is 0 Å². The number of rotatable bonds is 3. The van der Waals surface area contributed by atoms with E-state index in [1.54, 1.807) is 0 Å². The van der Waals surface area contributed by atoms with Crippen molar-refractivity contribution in [3.05, 3.63) is 0 Å². The third-order valence-electron chi connectivity index (χ3n) is 6.19. The van der Waals surface area contributed by atoms with Gasteiger partial charge in [-0.3, -0.25) is 5.43 Å². The van der Waals surface area contributed by atoms with Gasteiger partial charge < -0.3 is 0 Å². The Morgan fingerprint density at radius 1 is 1.18 bits per heavy atom. The second-order valence-corrected chi connectivity index (χ2v) is 7.27. The van der Waals surface area contributed by atoms with Gasteiger partial charge in [-0.2, -0.15) is 0 Å². The van der Waals surface area contributed by atoms with E-state index in [1.807, 2.05) is 0 Å². The van der Waals surface area contributed by atoms with E-state index in [9.17, 15) is 0 Å². The summed E-state index contributed by atoms with van der Waals surface area (Å²) >= 11 is 0. The molecular formula is C15H28N2. The predicted molar refractivity (Wildman–Crippen MR) is 71.5 cm³/mol. The summed E-state index contributed by atoms with van der Waals surface area (Å²) in [5.74, 6) is 3.85. The van der Waals surface area contributed by atoms with Crippen molar-refractivity contribution in [1.82, 2.24) is 10.4 Å². The van der Waals surface area contributed by atoms with Gasteiger partial charge in [0, 0.05) is 19.6 Å². The molecule has 0 aromatic heterocycles. The Hall–Kier alpha value is -0.0800. The second kappa shape index (κ2) is 4.24. The molecule has 1 heterocycles. The van der Waals surface area contributed by atoms with Crippen LogP contribution in [-0.4, -0.2) is 24.6 Å². The van der Waals surface area contributed by atoms with Crippen molar-refractivity contribution in [2.45, 2.75) is 46.5 Å². The first-order valence-corrected chi connectivity index (χ1v) is 7.57. The van der Waals surface area contributed by atoms with Crippen molar-refractivity contribution in [3.8, 4) is 0 Å². The molecule has 2 bridgehead atoms. The number of hydrazine groups is 1. The lowest BCUT2D eigenvalue weighted by Gasteiger charge is -2.62. The minimum absolute atomic E-state index is 0.642. The van der Waals surface area contributed by atoms with Crippen molar-refractivity contribution in [2.24, 2.45) is 29.1 Å². The molecule has 1 aliphatic heterocycles. The highest BCUT2D eigenvalue weighted by Gasteiger charge is 2.55. The zero-order chi connectivity index (χ0) is 12.0. The number of nitrogens with zero attached hydrogens (tertiary/aromatic N) is 1. The Morgan fingerprint density at radius 2 is 1.88 bits per heavy atom. The topological polar surface area (TPSA) is 15.3 Å². The lowest BCUT2D eigenvalue weighted by molar-refractivity contribution is -0.129. The number of fused-ring (bicyclic) bond motifs is 2. The zero-order valence-electron chi connectivity index (χ0n) is 11.7. The summed E-state index contributed by atoms with van der Waals surface area (Å²) in [4.78, 5) is 0. The molecule has 0 spiro atoms. The van der Waals surface area contributed by atoms with Crippen LogP contribution in [0.5, 0.6) is 0 Å². The summed E-state index contributed by atoms with van der Waals surface area (Å²) in [6.45, 7) is 11.2. The first-order valence-electron chi connectivity index (χ1n) is 7.57. The van der Waals surface area contributed by atoms with Crippen LogP contribution in [0, 0.1) is 29.1 Å². The maximum atomic E-state index is 3.68. The van der Waals surface area contributed by atoms with E-state index in [4.69, 9.17) is 0 Å². The van der Waals surface area contributed by atoms with Gasteiger partial charge in [-0.1, -0.05) is 20.8 Å². The van der Waals surface area contributed by atoms with E-state index < -0.39 is 0 Å². The van der Waals surface area contributed by atoms with Gasteiger partial charge in [0.1, 0.15) is 0 Å². The molecule has 1 saturated heterocycles. The summed E-state index contributed by atoms with van der Waals surface area (Å²) in [5.41, 5.74) is 4.33. The highest BCUT2D eigenvalue weighted by Crippen LogP contribution is 2.62. The van der Waals surface area contributed by atoms with Crippen molar-refractivity contribution in [2.75, 3.05) is 19.6 Å². The molecule has 4 unspecified atom stereocenters. The fourth-order valence-corrected chi connectivity index (χ4v) is 4.65. The van der Waals surface area contributed by atoms with E-state index in [0.29, 0.717) is 5.41 Å². The van der Waals surface area contributed by atoms with Gasteiger partial charge in [0.2, 0.25) is 0 Å². The maximum Gasteiger partial charge on any atom is 0.0133 e. The lowest BCUT2D eigenvalue weighted by Crippen LogP contribution is -2.57. The van der Waals surface area contributed by atoms with E-state index in [2.05, 4.69) is 31.2 Å². The highest BCUT2D eigenvalue weighted by atomic mass is 15.5. The molecule has 98 valence electrons. The summed E-state index contributed by atoms with van der Waals surface area (Å²) < 4.78 is 0. The van der Waals surface area contributed by atoms with Gasteiger partial charge in [0.05, 0.1) is 0 Å². The van der Waals surface area contributed by atoms with Crippen LogP contribution >= 0.6 is 0 Å². The zero-order valence-corrected chi connectivity index (χ0v) is 11.7. The van der Waals surface area contributed by atoms with Crippen LogP contribution in [0.2, 0.25) is 0 Å². The molecular weight excluding hydrogens is 208 g/mol. The Bertz CT molecular complexity index is 281. The number of hydrogen-bond acceptors (Lipinski definition) is 2. The Kier molecular flexibility index (Phi) is 2.99. The molecule has 2 heteroatoms. The minimum atomic E-state index is 0.642. The smallest absolute Gasteiger partial charge is 0.0133 e. The second-order valence-electron chi connectivity index (χ2n) is 7.27. The summed E-state index contributed by atoms with van der Waals surface area (Å²) in [6, 6.07) is 0. The molecule has 3 saturated carbocycles. The fourth-order valence-electron chi connectivity index (χ4n) is 4.65. The lowest BCUT2D eigenvalue weighted by atomic mass is 9.43. The molecule has 0 amide bonds. The summed E-state index contributed by atoms with van der Waals surface area (Å²) in [5, 5.41) is 2.44. The molecule has 17 heavy (non-hydrogen) atoms. The molecule has 4 rings (SSSR count). The van der Waals surface area contributed by atoms with Crippen molar-refractivity contribution >= 4 is 0 Å². The van der Waals surface area contributed by atoms with Crippen LogP contribution in [0.25, 0.3) is 0 Å². The Balaban J connectivity index is 1.52. The highest BCUT2D eigenvalue weighted by molar-refractivity contribution is 5.05. The van der Waals surface area contributed by atoms with E-state index in [0.717, 1.165) is 23.7 Å². The van der Waals surface area contributed by atoms with Gasteiger partial charge >= 0.3 is 0 Å². The van der Waals surface area contributed by atoms with Gasteiger partial charge in [-0.15, -0.1) is 0 Å². The molecule has 1 N–H and O–H groups in total. The summed E-state index contributed by atoms with van der Waals surface area (Å²) in [6.07, 6.45) is 5.73. The third kappa shape index (κ3) is 1.94. The molecule has 0 aromatic rings. The van der Waals surface area contributed by atoms with Crippen LogP contribution in [0.1, 0.15) is 46.5 Å². The van der Waals surface area contributed by atoms with Crippen molar-refractivity contribution < 1.29 is 0 Å². The Labute approximate surface area is 106 Å². The summed E-state index contributed by atoms with van der Waals surface area (Å²) in [7, 11) is 0. The first-order chi connectivity index (χ1) is 8.09. The number of hydrogen-bond donors (Lipinski definition) is 1.